The Morgan fingerprint density at radius 3 is 2.67 bits per heavy atom. The number of rotatable bonds is 2. The fourth-order valence-corrected chi connectivity index (χ4v) is 3.91. The Labute approximate surface area is 140 Å². The lowest BCUT2D eigenvalue weighted by molar-refractivity contribution is 0.627. The van der Waals surface area contributed by atoms with E-state index in [9.17, 15) is 4.39 Å². The summed E-state index contributed by atoms with van der Waals surface area (Å²) in [6, 6.07) is 7.96. The quantitative estimate of drug-likeness (QED) is 0.605. The number of aromatic nitrogens is 5. The molecule has 0 amide bonds. The first-order chi connectivity index (χ1) is 11.5. The van der Waals surface area contributed by atoms with Crippen molar-refractivity contribution in [3.05, 3.63) is 47.4 Å². The van der Waals surface area contributed by atoms with Gasteiger partial charge in [-0.3, -0.25) is 0 Å². The molecule has 4 aromatic rings. The van der Waals surface area contributed by atoms with Gasteiger partial charge in [0, 0.05) is 11.1 Å². The molecule has 24 heavy (non-hydrogen) atoms. The van der Waals surface area contributed by atoms with Gasteiger partial charge in [-0.1, -0.05) is 0 Å². The van der Waals surface area contributed by atoms with Gasteiger partial charge in [0.1, 0.15) is 10.6 Å². The number of hydrogen-bond donors (Lipinski definition) is 1. The molecule has 0 unspecified atom stereocenters. The molecule has 1 aromatic carbocycles. The molecule has 0 radical (unpaired) electrons. The summed E-state index contributed by atoms with van der Waals surface area (Å²) in [7, 11) is 0. The van der Waals surface area contributed by atoms with E-state index >= 15 is 0 Å². The largest absolute Gasteiger partial charge is 0.397 e. The summed E-state index contributed by atoms with van der Waals surface area (Å²) in [5.74, 6) is 0.198. The van der Waals surface area contributed by atoms with Crippen LogP contribution in [0.25, 0.3) is 26.6 Å². The van der Waals surface area contributed by atoms with Crippen molar-refractivity contribution in [3.63, 3.8) is 0 Å². The Bertz CT molecular complexity index is 1050. The summed E-state index contributed by atoms with van der Waals surface area (Å²) in [6.45, 7) is 3.96. The highest BCUT2D eigenvalue weighted by Gasteiger charge is 2.20. The van der Waals surface area contributed by atoms with E-state index in [-0.39, 0.29) is 5.82 Å². The van der Waals surface area contributed by atoms with Crippen LogP contribution in [0, 0.1) is 19.7 Å². The zero-order chi connectivity index (χ0) is 16.8. The van der Waals surface area contributed by atoms with Crippen LogP contribution in [-0.2, 0) is 0 Å². The van der Waals surface area contributed by atoms with Gasteiger partial charge < -0.3 is 5.73 Å². The number of fused-ring (bicyclic) bond motifs is 1. The number of nitrogens with zero attached hydrogens (tertiary/aromatic N) is 5. The van der Waals surface area contributed by atoms with Crippen LogP contribution in [0.4, 0.5) is 10.1 Å². The number of anilines is 1. The highest BCUT2D eigenvalue weighted by molar-refractivity contribution is 7.22. The molecule has 0 aliphatic heterocycles. The number of aryl methyl sites for hydroxylation is 2. The normalized spacial score (nSPS) is 11.3. The zero-order valence-electron chi connectivity index (χ0n) is 13.0. The van der Waals surface area contributed by atoms with E-state index in [2.05, 4.69) is 20.5 Å². The van der Waals surface area contributed by atoms with Crippen LogP contribution >= 0.6 is 11.3 Å². The van der Waals surface area contributed by atoms with Gasteiger partial charge in [-0.05, 0) is 60.2 Å². The van der Waals surface area contributed by atoms with Crippen molar-refractivity contribution in [3.8, 4) is 16.4 Å². The minimum absolute atomic E-state index is 0.315. The molecule has 0 atom stereocenters. The van der Waals surface area contributed by atoms with Crippen molar-refractivity contribution in [2.24, 2.45) is 0 Å². The van der Waals surface area contributed by atoms with Crippen LogP contribution in [0.2, 0.25) is 0 Å². The fourth-order valence-electron chi connectivity index (χ4n) is 2.72. The van der Waals surface area contributed by atoms with Gasteiger partial charge in [0.25, 0.3) is 0 Å². The summed E-state index contributed by atoms with van der Waals surface area (Å²) in [5, 5.41) is 12.8. The van der Waals surface area contributed by atoms with Crippen molar-refractivity contribution in [2.45, 2.75) is 13.8 Å². The number of halogens is 1. The Kier molecular flexibility index (Phi) is 3.27. The molecule has 8 heteroatoms. The summed E-state index contributed by atoms with van der Waals surface area (Å²) in [4.78, 5) is 6.16. The number of thiophene rings is 1. The van der Waals surface area contributed by atoms with E-state index in [1.165, 1.54) is 23.5 Å². The molecule has 4 rings (SSSR count). The number of tetrazole rings is 1. The maximum Gasteiger partial charge on any atom is 0.199 e. The Hall–Kier alpha value is -2.87. The van der Waals surface area contributed by atoms with Crippen LogP contribution in [0.3, 0.4) is 0 Å². The second kappa shape index (κ2) is 5.34. The fraction of sp³-hybridized carbons (Fsp3) is 0.125. The molecular weight excluding hydrogens is 327 g/mol. The van der Waals surface area contributed by atoms with Crippen molar-refractivity contribution in [2.75, 3.05) is 5.73 Å². The highest BCUT2D eigenvalue weighted by atomic mass is 32.1. The molecule has 0 aliphatic carbocycles. The number of benzene rings is 1. The number of nitrogens with two attached hydrogens (primary N) is 1. The van der Waals surface area contributed by atoms with E-state index in [1.807, 2.05) is 19.9 Å². The van der Waals surface area contributed by atoms with E-state index in [0.29, 0.717) is 17.2 Å². The van der Waals surface area contributed by atoms with E-state index in [4.69, 9.17) is 5.73 Å². The number of pyridine rings is 1. The summed E-state index contributed by atoms with van der Waals surface area (Å²) >= 11 is 1.45. The molecule has 0 bridgehead atoms. The summed E-state index contributed by atoms with van der Waals surface area (Å²) in [6.07, 6.45) is 0. The maximum absolute atomic E-state index is 13.2. The SMILES string of the molecule is Cc1cc(C)c2c(N)c(-c3nnnn3-c3ccc(F)cc3)sc2n1. The second-order valence-corrected chi connectivity index (χ2v) is 6.50. The molecule has 3 heterocycles. The Morgan fingerprint density at radius 2 is 1.92 bits per heavy atom. The van der Waals surface area contributed by atoms with Gasteiger partial charge in [0.05, 0.1) is 16.3 Å². The van der Waals surface area contributed by atoms with Gasteiger partial charge in [-0.2, -0.15) is 4.68 Å². The van der Waals surface area contributed by atoms with E-state index in [1.54, 1.807) is 16.8 Å². The van der Waals surface area contributed by atoms with Crippen LogP contribution < -0.4 is 5.73 Å². The standard InChI is InChI=1S/C16H13FN6S/c1-8-7-9(2)19-16-12(8)13(18)14(24-16)15-20-21-22-23(15)11-5-3-10(17)4-6-11/h3-7H,18H2,1-2H3. The van der Waals surface area contributed by atoms with Crippen LogP contribution in [-0.4, -0.2) is 25.2 Å². The third-order valence-electron chi connectivity index (χ3n) is 3.77. The third kappa shape index (κ3) is 2.23. The van der Waals surface area contributed by atoms with Crippen molar-refractivity contribution in [1.29, 1.82) is 0 Å². The van der Waals surface area contributed by atoms with Crippen molar-refractivity contribution in [1.82, 2.24) is 25.2 Å². The van der Waals surface area contributed by atoms with Crippen LogP contribution in [0.5, 0.6) is 0 Å². The van der Waals surface area contributed by atoms with Gasteiger partial charge in [-0.25, -0.2) is 9.37 Å². The first-order valence-electron chi connectivity index (χ1n) is 7.25. The summed E-state index contributed by atoms with van der Waals surface area (Å²) in [5.41, 5.74) is 9.63. The third-order valence-corrected chi connectivity index (χ3v) is 4.86. The Morgan fingerprint density at radius 1 is 1.17 bits per heavy atom. The minimum Gasteiger partial charge on any atom is -0.397 e. The van der Waals surface area contributed by atoms with Gasteiger partial charge in [0.2, 0.25) is 0 Å². The smallest absolute Gasteiger partial charge is 0.199 e. The molecule has 0 spiro atoms. The average molecular weight is 340 g/mol. The molecule has 2 N–H and O–H groups in total. The van der Waals surface area contributed by atoms with Gasteiger partial charge in [0.15, 0.2) is 5.82 Å². The second-order valence-electron chi connectivity index (χ2n) is 5.50. The molecule has 3 aromatic heterocycles. The average Bonchev–Trinajstić information content (AvgIpc) is 3.12. The summed E-state index contributed by atoms with van der Waals surface area (Å²) < 4.78 is 14.7. The molecular formula is C16H13FN6S. The lowest BCUT2D eigenvalue weighted by Gasteiger charge is -2.04. The monoisotopic (exact) mass is 340 g/mol. The molecule has 6 nitrogen and oxygen atoms in total. The van der Waals surface area contributed by atoms with E-state index in [0.717, 1.165) is 26.4 Å². The first-order valence-corrected chi connectivity index (χ1v) is 8.07. The predicted octanol–water partition coefficient (Wildman–Crippen LogP) is 3.28. The number of hydrogen-bond acceptors (Lipinski definition) is 6. The molecule has 120 valence electrons. The zero-order valence-corrected chi connectivity index (χ0v) is 13.8. The lowest BCUT2D eigenvalue weighted by atomic mass is 10.1. The minimum atomic E-state index is -0.315. The van der Waals surface area contributed by atoms with Crippen molar-refractivity contribution >= 4 is 27.2 Å². The molecule has 0 aliphatic rings. The van der Waals surface area contributed by atoms with Gasteiger partial charge >= 0.3 is 0 Å². The van der Waals surface area contributed by atoms with E-state index < -0.39 is 0 Å². The topological polar surface area (TPSA) is 82.5 Å². The number of nitrogen functional groups attached to an aromatic ring is 1. The first kappa shape index (κ1) is 14.7. The lowest BCUT2D eigenvalue weighted by Crippen LogP contribution is -2.00. The molecule has 0 fully saturated rings. The van der Waals surface area contributed by atoms with Gasteiger partial charge in [-0.15, -0.1) is 16.4 Å². The molecule has 0 saturated carbocycles. The maximum atomic E-state index is 13.2. The molecule has 0 saturated heterocycles. The Balaban J connectivity index is 1.93. The van der Waals surface area contributed by atoms with Crippen LogP contribution in [0.1, 0.15) is 11.3 Å². The predicted molar refractivity (Wildman–Crippen MR) is 91.6 cm³/mol. The highest BCUT2D eigenvalue weighted by Crippen LogP contribution is 2.40. The van der Waals surface area contributed by atoms with Crippen molar-refractivity contribution < 1.29 is 4.39 Å². The van der Waals surface area contributed by atoms with Crippen LogP contribution in [0.15, 0.2) is 30.3 Å².